The molecule has 0 bridgehead atoms. The van der Waals surface area contributed by atoms with Crippen molar-refractivity contribution in [2.24, 2.45) is 0 Å². The maximum Gasteiger partial charge on any atom is 0.260 e. The molecule has 1 aliphatic rings. The van der Waals surface area contributed by atoms with Gasteiger partial charge in [-0.25, -0.2) is 9.97 Å². The topological polar surface area (TPSA) is 77.0 Å². The molecule has 0 radical (unpaired) electrons. The number of aromatic nitrogens is 2. The van der Waals surface area contributed by atoms with Crippen molar-refractivity contribution < 1.29 is 19.0 Å². The number of benzene rings is 2. The lowest BCUT2D eigenvalue weighted by Crippen LogP contribution is -2.55. The number of piperazine rings is 1. The van der Waals surface area contributed by atoms with E-state index < -0.39 is 0 Å². The summed E-state index contributed by atoms with van der Waals surface area (Å²) in [5, 5.41) is 0.625. The van der Waals surface area contributed by atoms with E-state index >= 15 is 0 Å². The van der Waals surface area contributed by atoms with Crippen LogP contribution in [0.4, 0.5) is 5.82 Å². The highest BCUT2D eigenvalue weighted by molar-refractivity contribution is 6.30. The second-order valence-electron chi connectivity index (χ2n) is 7.59. The highest BCUT2D eigenvalue weighted by atomic mass is 35.5. The van der Waals surface area contributed by atoms with Crippen molar-refractivity contribution >= 4 is 23.3 Å². The average Bonchev–Trinajstić information content (AvgIpc) is 2.84. The largest absolute Gasteiger partial charge is 0.493 e. The number of anilines is 1. The Morgan fingerprint density at radius 1 is 1.09 bits per heavy atom. The first-order chi connectivity index (χ1) is 16.0. The van der Waals surface area contributed by atoms with Gasteiger partial charge in [0.05, 0.1) is 7.11 Å². The number of halogens is 1. The van der Waals surface area contributed by atoms with E-state index in [0.29, 0.717) is 47.8 Å². The first-order valence-corrected chi connectivity index (χ1v) is 11.0. The summed E-state index contributed by atoms with van der Waals surface area (Å²) >= 11 is 5.89. The summed E-state index contributed by atoms with van der Waals surface area (Å²) in [7, 11) is 1.59. The maximum atomic E-state index is 12.7. The fourth-order valence-corrected chi connectivity index (χ4v) is 3.80. The molecule has 33 heavy (non-hydrogen) atoms. The summed E-state index contributed by atoms with van der Waals surface area (Å²) in [4.78, 5) is 25.3. The third kappa shape index (κ3) is 5.64. The molecule has 1 fully saturated rings. The number of ether oxygens (including phenoxy) is 3. The van der Waals surface area contributed by atoms with Crippen molar-refractivity contribution in [3.8, 4) is 23.1 Å². The van der Waals surface area contributed by atoms with E-state index in [1.165, 1.54) is 6.33 Å². The smallest absolute Gasteiger partial charge is 0.260 e. The Morgan fingerprint density at radius 3 is 2.58 bits per heavy atom. The van der Waals surface area contributed by atoms with E-state index in [2.05, 4.69) is 14.9 Å². The fourth-order valence-electron chi connectivity index (χ4n) is 3.67. The van der Waals surface area contributed by atoms with Crippen LogP contribution >= 0.6 is 11.6 Å². The summed E-state index contributed by atoms with van der Waals surface area (Å²) in [6.45, 7) is 3.84. The van der Waals surface area contributed by atoms with Crippen LogP contribution in [0.5, 0.6) is 23.1 Å². The predicted molar refractivity (Wildman–Crippen MR) is 125 cm³/mol. The minimum Gasteiger partial charge on any atom is -0.493 e. The SMILES string of the molecule is COc1ccccc1Oc1cc(N2CCN(C(=O)COc3ccc(Cl)cc3)C(C)C2)ncn1. The van der Waals surface area contributed by atoms with Gasteiger partial charge in [-0.05, 0) is 43.3 Å². The van der Waals surface area contributed by atoms with Crippen molar-refractivity contribution in [2.75, 3.05) is 38.3 Å². The maximum absolute atomic E-state index is 12.7. The number of hydrogen-bond donors (Lipinski definition) is 0. The fraction of sp³-hybridized carbons (Fsp3) is 0.292. The first-order valence-electron chi connectivity index (χ1n) is 10.6. The summed E-state index contributed by atoms with van der Waals surface area (Å²) in [5.41, 5.74) is 0. The summed E-state index contributed by atoms with van der Waals surface area (Å²) in [6, 6.07) is 16.1. The quantitative estimate of drug-likeness (QED) is 0.517. The normalized spacial score (nSPS) is 15.8. The van der Waals surface area contributed by atoms with Crippen LogP contribution in [0, 0.1) is 0 Å². The second kappa shape index (κ2) is 10.4. The minimum absolute atomic E-state index is 0.00591. The number of carbonyl (C=O) groups is 1. The van der Waals surface area contributed by atoms with Crippen LogP contribution in [0.15, 0.2) is 60.9 Å². The van der Waals surface area contributed by atoms with E-state index in [4.69, 9.17) is 25.8 Å². The van der Waals surface area contributed by atoms with Crippen LogP contribution < -0.4 is 19.1 Å². The standard InChI is InChI=1S/C24H25ClN4O4/c1-17-14-28(11-12-29(17)24(30)15-32-19-9-7-18(25)8-10-19)22-13-23(27-16-26-22)33-21-6-4-3-5-20(21)31-2/h3-10,13,16-17H,11-12,14-15H2,1-2H3. The zero-order valence-electron chi connectivity index (χ0n) is 18.5. The van der Waals surface area contributed by atoms with Gasteiger partial charge in [-0.2, -0.15) is 0 Å². The van der Waals surface area contributed by atoms with Gasteiger partial charge in [0, 0.05) is 36.8 Å². The number of carbonyl (C=O) groups excluding carboxylic acids is 1. The van der Waals surface area contributed by atoms with Gasteiger partial charge in [0.1, 0.15) is 17.9 Å². The average molecular weight is 469 g/mol. The Balaban J connectivity index is 1.36. The molecule has 1 amide bonds. The molecule has 1 saturated heterocycles. The lowest BCUT2D eigenvalue weighted by atomic mass is 10.2. The second-order valence-corrected chi connectivity index (χ2v) is 8.03. The van der Waals surface area contributed by atoms with Crippen molar-refractivity contribution in [1.29, 1.82) is 0 Å². The van der Waals surface area contributed by atoms with Crippen LogP contribution in [0.3, 0.4) is 0 Å². The number of rotatable bonds is 7. The molecule has 172 valence electrons. The van der Waals surface area contributed by atoms with Gasteiger partial charge < -0.3 is 24.0 Å². The van der Waals surface area contributed by atoms with Gasteiger partial charge in [-0.15, -0.1) is 0 Å². The lowest BCUT2D eigenvalue weighted by molar-refractivity contribution is -0.135. The zero-order chi connectivity index (χ0) is 23.2. The van der Waals surface area contributed by atoms with Crippen LogP contribution in [0.25, 0.3) is 0 Å². The van der Waals surface area contributed by atoms with Crippen LogP contribution in [0.2, 0.25) is 5.02 Å². The number of methoxy groups -OCH3 is 1. The molecule has 8 nitrogen and oxygen atoms in total. The summed E-state index contributed by atoms with van der Waals surface area (Å²) < 4.78 is 16.9. The van der Waals surface area contributed by atoms with E-state index in [0.717, 1.165) is 5.82 Å². The molecule has 0 spiro atoms. The predicted octanol–water partition coefficient (Wildman–Crippen LogP) is 4.05. The third-order valence-electron chi connectivity index (χ3n) is 5.36. The van der Waals surface area contributed by atoms with Crippen molar-refractivity contribution in [3.05, 3.63) is 65.9 Å². The molecule has 0 N–H and O–H groups in total. The highest BCUT2D eigenvalue weighted by Gasteiger charge is 2.28. The molecule has 4 rings (SSSR count). The molecule has 3 aromatic rings. The molecule has 0 saturated carbocycles. The summed E-state index contributed by atoms with van der Waals surface area (Å²) in [6.07, 6.45) is 1.47. The molecular weight excluding hydrogens is 444 g/mol. The number of amides is 1. The Kier molecular flexibility index (Phi) is 7.14. The first kappa shape index (κ1) is 22.7. The van der Waals surface area contributed by atoms with Gasteiger partial charge in [-0.3, -0.25) is 4.79 Å². The van der Waals surface area contributed by atoms with Crippen LogP contribution in [-0.2, 0) is 4.79 Å². The highest BCUT2D eigenvalue weighted by Crippen LogP contribution is 2.31. The lowest BCUT2D eigenvalue weighted by Gasteiger charge is -2.40. The van der Waals surface area contributed by atoms with Gasteiger partial charge >= 0.3 is 0 Å². The Hall–Kier alpha value is -3.52. The monoisotopic (exact) mass is 468 g/mol. The Bertz CT molecular complexity index is 1100. The van der Waals surface area contributed by atoms with E-state index in [1.807, 2.05) is 36.1 Å². The van der Waals surface area contributed by atoms with E-state index in [1.54, 1.807) is 37.4 Å². The number of hydrogen-bond acceptors (Lipinski definition) is 7. The van der Waals surface area contributed by atoms with Crippen molar-refractivity contribution in [3.63, 3.8) is 0 Å². The zero-order valence-corrected chi connectivity index (χ0v) is 19.2. The van der Waals surface area contributed by atoms with Crippen LogP contribution in [0.1, 0.15) is 6.92 Å². The molecule has 1 aromatic heterocycles. The van der Waals surface area contributed by atoms with E-state index in [-0.39, 0.29) is 18.6 Å². The molecular formula is C24H25ClN4O4. The molecule has 9 heteroatoms. The third-order valence-corrected chi connectivity index (χ3v) is 5.61. The van der Waals surface area contributed by atoms with Gasteiger partial charge in [0.15, 0.2) is 18.1 Å². The molecule has 1 atom stereocenters. The molecule has 2 aromatic carbocycles. The molecule has 0 aliphatic carbocycles. The van der Waals surface area contributed by atoms with Crippen molar-refractivity contribution in [2.45, 2.75) is 13.0 Å². The Labute approximate surface area is 197 Å². The Morgan fingerprint density at radius 2 is 1.85 bits per heavy atom. The minimum atomic E-state index is -0.0556. The van der Waals surface area contributed by atoms with Gasteiger partial charge in [0.25, 0.3) is 5.91 Å². The van der Waals surface area contributed by atoms with Gasteiger partial charge in [-0.1, -0.05) is 23.7 Å². The van der Waals surface area contributed by atoms with Crippen molar-refractivity contribution in [1.82, 2.24) is 14.9 Å². The van der Waals surface area contributed by atoms with Crippen LogP contribution in [-0.4, -0.2) is 60.2 Å². The van der Waals surface area contributed by atoms with Gasteiger partial charge in [0.2, 0.25) is 5.88 Å². The number of nitrogens with zero attached hydrogens (tertiary/aromatic N) is 4. The van der Waals surface area contributed by atoms with E-state index in [9.17, 15) is 4.79 Å². The number of para-hydroxylation sites is 2. The summed E-state index contributed by atoms with van der Waals surface area (Å²) in [5.74, 6) is 2.93. The molecule has 2 heterocycles. The molecule has 1 aliphatic heterocycles. The molecule has 1 unspecified atom stereocenters.